The van der Waals surface area contributed by atoms with Gasteiger partial charge in [-0.3, -0.25) is 0 Å². The number of ether oxygens (including phenoxy) is 2. The Balaban J connectivity index is 3.20. The fourth-order valence-corrected chi connectivity index (χ4v) is 1.52. The van der Waals surface area contributed by atoms with Crippen LogP contribution in [-0.2, 0) is 9.47 Å². The van der Waals surface area contributed by atoms with Gasteiger partial charge < -0.3 is 19.7 Å². The molecule has 0 bridgehead atoms. The molecule has 0 radical (unpaired) electrons. The lowest BCUT2D eigenvalue weighted by molar-refractivity contribution is 0.0107. The molecule has 0 amide bonds. The molecule has 0 fully saturated rings. The minimum atomic E-state index is 0.189. The molecule has 0 aromatic heterocycles. The maximum Gasteiger partial charge on any atom is 0.0780 e. The van der Waals surface area contributed by atoms with E-state index in [9.17, 15) is 0 Å². The van der Waals surface area contributed by atoms with Crippen molar-refractivity contribution in [3.05, 3.63) is 0 Å². The lowest BCUT2D eigenvalue weighted by Gasteiger charge is -2.18. The van der Waals surface area contributed by atoms with Crippen LogP contribution in [0.25, 0.3) is 0 Å². The highest BCUT2D eigenvalue weighted by atomic mass is 16.5. The van der Waals surface area contributed by atoms with Crippen molar-refractivity contribution in [1.82, 2.24) is 10.2 Å². The summed E-state index contributed by atoms with van der Waals surface area (Å²) >= 11 is 0. The van der Waals surface area contributed by atoms with Gasteiger partial charge in [0.1, 0.15) is 0 Å². The normalized spacial score (nSPS) is 13.3. The van der Waals surface area contributed by atoms with E-state index in [-0.39, 0.29) is 6.10 Å². The number of methoxy groups -OCH3 is 1. The number of rotatable bonds is 11. The van der Waals surface area contributed by atoms with Crippen molar-refractivity contribution in [2.45, 2.75) is 26.9 Å². The highest BCUT2D eigenvalue weighted by Crippen LogP contribution is 1.89. The van der Waals surface area contributed by atoms with Crippen LogP contribution in [-0.4, -0.2) is 64.1 Å². The summed E-state index contributed by atoms with van der Waals surface area (Å²) in [5, 5.41) is 3.37. The summed E-state index contributed by atoms with van der Waals surface area (Å²) in [4.78, 5) is 2.40. The maximum absolute atomic E-state index is 5.54. The van der Waals surface area contributed by atoms with E-state index in [1.54, 1.807) is 7.11 Å². The van der Waals surface area contributed by atoms with E-state index in [1.807, 2.05) is 6.92 Å². The predicted molar refractivity (Wildman–Crippen MR) is 67.9 cm³/mol. The molecule has 0 aliphatic rings. The van der Waals surface area contributed by atoms with Crippen molar-refractivity contribution in [2.24, 2.45) is 0 Å². The van der Waals surface area contributed by atoms with Gasteiger partial charge in [0, 0.05) is 26.7 Å². The van der Waals surface area contributed by atoms with Gasteiger partial charge in [-0.25, -0.2) is 0 Å². The molecule has 0 aliphatic heterocycles. The van der Waals surface area contributed by atoms with E-state index >= 15 is 0 Å². The summed E-state index contributed by atoms with van der Waals surface area (Å²) in [5.74, 6) is 0. The first-order valence-corrected chi connectivity index (χ1v) is 6.28. The monoisotopic (exact) mass is 232 g/mol. The number of hydrogen-bond donors (Lipinski definition) is 1. The SMILES string of the molecule is CCN(CC)CCNCCOC(C)COC. The molecule has 0 saturated carbocycles. The van der Waals surface area contributed by atoms with Crippen molar-refractivity contribution in [1.29, 1.82) is 0 Å². The third-order valence-corrected chi connectivity index (χ3v) is 2.58. The molecule has 1 unspecified atom stereocenters. The fraction of sp³-hybridized carbons (Fsp3) is 1.00. The van der Waals surface area contributed by atoms with Gasteiger partial charge in [-0.05, 0) is 20.0 Å². The van der Waals surface area contributed by atoms with Crippen LogP contribution in [0.1, 0.15) is 20.8 Å². The summed E-state index contributed by atoms with van der Waals surface area (Å²) in [6, 6.07) is 0. The Kier molecular flexibility index (Phi) is 11.2. The minimum absolute atomic E-state index is 0.189. The standard InChI is InChI=1S/C12H28N2O2/c1-5-14(6-2)9-7-13-8-10-16-12(3)11-15-4/h12-13H,5-11H2,1-4H3. The summed E-state index contributed by atoms with van der Waals surface area (Å²) in [7, 11) is 1.70. The van der Waals surface area contributed by atoms with Crippen LogP contribution in [0.3, 0.4) is 0 Å². The molecule has 4 nitrogen and oxygen atoms in total. The second-order valence-corrected chi connectivity index (χ2v) is 3.91. The van der Waals surface area contributed by atoms with E-state index in [0.29, 0.717) is 6.61 Å². The molecule has 0 rings (SSSR count). The fourth-order valence-electron chi connectivity index (χ4n) is 1.52. The second kappa shape index (κ2) is 11.3. The first kappa shape index (κ1) is 15.8. The van der Waals surface area contributed by atoms with E-state index in [0.717, 1.165) is 39.3 Å². The van der Waals surface area contributed by atoms with E-state index in [2.05, 4.69) is 24.1 Å². The van der Waals surface area contributed by atoms with E-state index in [1.165, 1.54) is 0 Å². The first-order valence-electron chi connectivity index (χ1n) is 6.28. The average molecular weight is 232 g/mol. The van der Waals surface area contributed by atoms with Crippen molar-refractivity contribution in [3.8, 4) is 0 Å². The van der Waals surface area contributed by atoms with Crippen molar-refractivity contribution in [3.63, 3.8) is 0 Å². The largest absolute Gasteiger partial charge is 0.382 e. The zero-order valence-electron chi connectivity index (χ0n) is 11.3. The Morgan fingerprint density at radius 1 is 1.19 bits per heavy atom. The Labute approximate surface area is 100 Å². The second-order valence-electron chi connectivity index (χ2n) is 3.91. The van der Waals surface area contributed by atoms with Gasteiger partial charge in [0.15, 0.2) is 0 Å². The minimum Gasteiger partial charge on any atom is -0.382 e. The summed E-state index contributed by atoms with van der Waals surface area (Å²) < 4.78 is 10.5. The number of likely N-dealkylation sites (N-methyl/N-ethyl adjacent to an activating group) is 1. The third kappa shape index (κ3) is 9.09. The Morgan fingerprint density at radius 2 is 1.88 bits per heavy atom. The molecule has 1 atom stereocenters. The van der Waals surface area contributed by atoms with Gasteiger partial charge in [0.05, 0.1) is 19.3 Å². The zero-order valence-corrected chi connectivity index (χ0v) is 11.3. The molecule has 0 aromatic carbocycles. The van der Waals surface area contributed by atoms with Crippen LogP contribution in [0.5, 0.6) is 0 Å². The van der Waals surface area contributed by atoms with Gasteiger partial charge in [-0.2, -0.15) is 0 Å². The summed E-state index contributed by atoms with van der Waals surface area (Å²) in [6.07, 6.45) is 0.189. The third-order valence-electron chi connectivity index (χ3n) is 2.58. The number of nitrogens with one attached hydrogen (secondary N) is 1. The number of nitrogens with zero attached hydrogens (tertiary/aromatic N) is 1. The lowest BCUT2D eigenvalue weighted by atomic mass is 10.4. The molecule has 0 saturated heterocycles. The molecule has 16 heavy (non-hydrogen) atoms. The smallest absolute Gasteiger partial charge is 0.0780 e. The topological polar surface area (TPSA) is 33.7 Å². The van der Waals surface area contributed by atoms with Crippen LogP contribution in [0.15, 0.2) is 0 Å². The first-order chi connectivity index (χ1) is 7.74. The van der Waals surface area contributed by atoms with Gasteiger partial charge in [0.25, 0.3) is 0 Å². The molecule has 0 spiro atoms. The molecule has 0 aliphatic carbocycles. The molecule has 98 valence electrons. The summed E-state index contributed by atoms with van der Waals surface area (Å²) in [5.41, 5.74) is 0. The zero-order chi connectivity index (χ0) is 12.2. The van der Waals surface area contributed by atoms with Crippen molar-refractivity contribution in [2.75, 3.05) is 53.0 Å². The van der Waals surface area contributed by atoms with Gasteiger partial charge >= 0.3 is 0 Å². The molecule has 0 aromatic rings. The van der Waals surface area contributed by atoms with E-state index < -0.39 is 0 Å². The lowest BCUT2D eigenvalue weighted by Crippen LogP contribution is -2.33. The quantitative estimate of drug-likeness (QED) is 0.538. The predicted octanol–water partition coefficient (Wildman–Crippen LogP) is 0.969. The maximum atomic E-state index is 5.54. The van der Waals surface area contributed by atoms with Gasteiger partial charge in [0.2, 0.25) is 0 Å². The number of hydrogen-bond acceptors (Lipinski definition) is 4. The highest BCUT2D eigenvalue weighted by molar-refractivity contribution is 4.56. The van der Waals surface area contributed by atoms with Gasteiger partial charge in [-0.1, -0.05) is 13.8 Å². The van der Waals surface area contributed by atoms with E-state index in [4.69, 9.17) is 9.47 Å². The highest BCUT2D eigenvalue weighted by Gasteiger charge is 2.00. The van der Waals surface area contributed by atoms with Crippen LogP contribution in [0, 0.1) is 0 Å². The Bertz CT molecular complexity index is 141. The molecular weight excluding hydrogens is 204 g/mol. The molecule has 1 N–H and O–H groups in total. The average Bonchev–Trinajstić information content (AvgIpc) is 2.29. The van der Waals surface area contributed by atoms with Crippen molar-refractivity contribution < 1.29 is 9.47 Å². The van der Waals surface area contributed by atoms with Crippen LogP contribution in [0.4, 0.5) is 0 Å². The molecule has 0 heterocycles. The molecule has 4 heteroatoms. The Hall–Kier alpha value is -0.160. The van der Waals surface area contributed by atoms with Crippen molar-refractivity contribution >= 4 is 0 Å². The summed E-state index contributed by atoms with van der Waals surface area (Å²) in [6.45, 7) is 13.1. The van der Waals surface area contributed by atoms with Crippen LogP contribution >= 0.6 is 0 Å². The van der Waals surface area contributed by atoms with Crippen LogP contribution < -0.4 is 5.32 Å². The molecular formula is C12H28N2O2. The Morgan fingerprint density at radius 3 is 2.44 bits per heavy atom. The van der Waals surface area contributed by atoms with Crippen LogP contribution in [0.2, 0.25) is 0 Å². The van der Waals surface area contributed by atoms with Gasteiger partial charge in [-0.15, -0.1) is 0 Å².